The summed E-state index contributed by atoms with van der Waals surface area (Å²) in [4.78, 5) is 40.6. The summed E-state index contributed by atoms with van der Waals surface area (Å²) in [6.45, 7) is 2.11. The Morgan fingerprint density at radius 3 is 1.94 bits per heavy atom. The molecule has 6 rings (SSSR count). The Bertz CT molecular complexity index is 1910. The van der Waals surface area contributed by atoms with E-state index in [2.05, 4.69) is 10.1 Å². The third-order valence-corrected chi connectivity index (χ3v) is 11.1. The van der Waals surface area contributed by atoms with E-state index < -0.39 is 32.2 Å². The van der Waals surface area contributed by atoms with Crippen LogP contribution in [0.4, 0.5) is 0 Å². The Morgan fingerprint density at radius 1 is 0.816 bits per heavy atom. The second kappa shape index (κ2) is 14.4. The lowest BCUT2D eigenvalue weighted by molar-refractivity contribution is -0.126. The summed E-state index contributed by atoms with van der Waals surface area (Å²) < 4.78 is 64.0. The van der Waals surface area contributed by atoms with Crippen LogP contribution in [0.2, 0.25) is 0 Å². The number of sulfonamides is 2. The summed E-state index contributed by atoms with van der Waals surface area (Å²) in [7, 11) is -6.83. The molecule has 0 N–H and O–H groups in total. The molecule has 1 aromatic carbocycles. The highest BCUT2D eigenvalue weighted by Gasteiger charge is 2.31. The zero-order chi connectivity index (χ0) is 34.8. The Kier molecular flexibility index (Phi) is 10.2. The van der Waals surface area contributed by atoms with Gasteiger partial charge in [-0.25, -0.2) is 31.5 Å². The van der Waals surface area contributed by atoms with E-state index in [1.165, 1.54) is 19.6 Å². The van der Waals surface area contributed by atoms with Crippen LogP contribution in [0, 0.1) is 0 Å². The largest absolute Gasteiger partial charge is 0.350 e. The molecule has 2 amide bonds. The number of ether oxygens (including phenoxy) is 2. The molecule has 3 fully saturated rings. The van der Waals surface area contributed by atoms with Crippen LogP contribution in [0.5, 0.6) is 0 Å². The lowest BCUT2D eigenvalue weighted by Crippen LogP contribution is -2.50. The number of carbonyl (C=O) groups is 2. The molecule has 262 valence electrons. The molecule has 49 heavy (non-hydrogen) atoms. The van der Waals surface area contributed by atoms with E-state index in [1.807, 2.05) is 24.4 Å². The van der Waals surface area contributed by atoms with Crippen molar-refractivity contribution in [1.82, 2.24) is 38.2 Å². The van der Waals surface area contributed by atoms with Crippen LogP contribution in [-0.2, 0) is 34.3 Å². The standard InChI is InChI=1S/C31H38N8O8S2/c1-48(42,43)37-16-12-35(13-17-37)30(40)25(8-9-28-46-20-21-47-28)26-22-27(31(41)36-14-18-38(19-15-36)49(2,44)45)34-29(33-26)23-4-6-24(7-5-23)39-11-3-10-32-39/h3-8,10-11,22,28H,9,12-21H2,1-2H3/b25-8+. The molecule has 0 radical (unpaired) electrons. The molecule has 0 saturated carbocycles. The van der Waals surface area contributed by atoms with Crippen molar-refractivity contribution in [3.05, 3.63) is 66.3 Å². The summed E-state index contributed by atoms with van der Waals surface area (Å²) in [5, 5.41) is 4.26. The van der Waals surface area contributed by atoms with Crippen molar-refractivity contribution in [2.75, 3.05) is 78.1 Å². The minimum atomic E-state index is -3.42. The average molecular weight is 715 g/mol. The fraction of sp³-hybridized carbons (Fsp3) is 0.452. The topological polar surface area (TPSA) is 177 Å². The number of hydrogen-bond donors (Lipinski definition) is 0. The molecule has 18 heteroatoms. The van der Waals surface area contributed by atoms with Crippen LogP contribution in [0.25, 0.3) is 22.6 Å². The minimum absolute atomic E-state index is 0.0397. The number of piperazine rings is 2. The van der Waals surface area contributed by atoms with Crippen LogP contribution in [0.1, 0.15) is 22.6 Å². The molecule has 16 nitrogen and oxygen atoms in total. The maximum Gasteiger partial charge on any atom is 0.272 e. The number of hydrogen-bond acceptors (Lipinski definition) is 11. The lowest BCUT2D eigenvalue weighted by atomic mass is 10.1. The molecular formula is C31H38N8O8S2. The van der Waals surface area contributed by atoms with E-state index in [4.69, 9.17) is 14.5 Å². The van der Waals surface area contributed by atoms with Gasteiger partial charge in [-0.2, -0.15) is 13.7 Å². The molecule has 3 aliphatic rings. The molecule has 0 unspecified atom stereocenters. The van der Waals surface area contributed by atoms with Gasteiger partial charge in [-0.1, -0.05) is 6.08 Å². The van der Waals surface area contributed by atoms with Crippen molar-refractivity contribution in [1.29, 1.82) is 0 Å². The highest BCUT2D eigenvalue weighted by molar-refractivity contribution is 7.88. The van der Waals surface area contributed by atoms with E-state index >= 15 is 0 Å². The summed E-state index contributed by atoms with van der Waals surface area (Å²) in [5.74, 6) is -0.608. The normalized spacial score (nSPS) is 19.0. The average Bonchev–Trinajstić information content (AvgIpc) is 3.83. The maximum atomic E-state index is 14.2. The van der Waals surface area contributed by atoms with Crippen LogP contribution >= 0.6 is 0 Å². The summed E-state index contributed by atoms with van der Waals surface area (Å²) >= 11 is 0. The SMILES string of the molecule is CS(=O)(=O)N1CCN(C(=O)/C(=C/CC2OCCO2)c2cc(C(=O)N3CCN(S(C)(=O)=O)CC3)nc(-c3ccc(-n4cccn4)cc3)n2)CC1. The zero-order valence-corrected chi connectivity index (χ0v) is 28.8. The fourth-order valence-electron chi connectivity index (χ4n) is 5.85. The van der Waals surface area contributed by atoms with Gasteiger partial charge in [-0.05, 0) is 36.4 Å². The van der Waals surface area contributed by atoms with Crippen molar-refractivity contribution in [3.8, 4) is 17.1 Å². The first-order valence-corrected chi connectivity index (χ1v) is 19.5. The van der Waals surface area contributed by atoms with Crippen molar-refractivity contribution >= 4 is 37.4 Å². The molecule has 3 aliphatic heterocycles. The van der Waals surface area contributed by atoms with Crippen molar-refractivity contribution in [2.24, 2.45) is 0 Å². The lowest BCUT2D eigenvalue weighted by Gasteiger charge is -2.34. The van der Waals surface area contributed by atoms with Gasteiger partial charge in [-0.15, -0.1) is 0 Å². The Morgan fingerprint density at radius 2 is 1.39 bits per heavy atom. The monoisotopic (exact) mass is 714 g/mol. The Labute approximate surface area is 285 Å². The van der Waals surface area contributed by atoms with Crippen LogP contribution < -0.4 is 0 Å². The summed E-state index contributed by atoms with van der Waals surface area (Å²) in [5.41, 5.74) is 1.82. The van der Waals surface area contributed by atoms with E-state index in [0.29, 0.717) is 18.8 Å². The number of amides is 2. The van der Waals surface area contributed by atoms with Crippen molar-refractivity contribution in [3.63, 3.8) is 0 Å². The van der Waals surface area contributed by atoms with E-state index in [9.17, 15) is 26.4 Å². The van der Waals surface area contributed by atoms with Crippen molar-refractivity contribution < 1.29 is 35.9 Å². The third-order valence-electron chi connectivity index (χ3n) is 8.54. The van der Waals surface area contributed by atoms with Gasteiger partial charge in [-0.3, -0.25) is 9.59 Å². The first kappa shape index (κ1) is 34.8. The number of aromatic nitrogens is 4. The molecule has 0 spiro atoms. The van der Waals surface area contributed by atoms with E-state index in [0.717, 1.165) is 18.2 Å². The van der Waals surface area contributed by atoms with E-state index in [1.54, 1.807) is 34.0 Å². The maximum absolute atomic E-state index is 14.2. The first-order chi connectivity index (χ1) is 23.4. The minimum Gasteiger partial charge on any atom is -0.350 e. The molecule has 3 aromatic rings. The fourth-order valence-corrected chi connectivity index (χ4v) is 7.50. The third kappa shape index (κ3) is 8.22. The molecular weight excluding hydrogens is 677 g/mol. The predicted molar refractivity (Wildman–Crippen MR) is 178 cm³/mol. The number of nitrogens with zero attached hydrogens (tertiary/aromatic N) is 8. The summed E-state index contributed by atoms with van der Waals surface area (Å²) in [6.07, 6.45) is 7.10. The van der Waals surface area contributed by atoms with Crippen LogP contribution in [0.15, 0.2) is 54.9 Å². The molecule has 5 heterocycles. The quantitative estimate of drug-likeness (QED) is 0.279. The Balaban J connectivity index is 1.37. The molecule has 3 saturated heterocycles. The Hall–Kier alpha value is -4.07. The first-order valence-electron chi connectivity index (χ1n) is 15.8. The molecule has 2 aromatic heterocycles. The van der Waals surface area contributed by atoms with Gasteiger partial charge < -0.3 is 19.3 Å². The summed E-state index contributed by atoms with van der Waals surface area (Å²) in [6, 6.07) is 10.5. The molecule has 0 atom stereocenters. The van der Waals surface area contributed by atoms with Gasteiger partial charge in [0.05, 0.1) is 42.7 Å². The molecule has 0 aliphatic carbocycles. The van der Waals surface area contributed by atoms with Gasteiger partial charge in [0.15, 0.2) is 12.1 Å². The van der Waals surface area contributed by atoms with Gasteiger partial charge in [0.25, 0.3) is 11.8 Å². The van der Waals surface area contributed by atoms with Crippen LogP contribution in [-0.4, -0.2) is 151 Å². The van der Waals surface area contributed by atoms with Crippen LogP contribution in [0.3, 0.4) is 0 Å². The van der Waals surface area contributed by atoms with Gasteiger partial charge in [0, 0.05) is 76.7 Å². The predicted octanol–water partition coefficient (Wildman–Crippen LogP) is 0.297. The number of carbonyl (C=O) groups excluding carboxylic acids is 2. The van der Waals surface area contributed by atoms with Gasteiger partial charge >= 0.3 is 0 Å². The second-order valence-corrected chi connectivity index (χ2v) is 15.9. The van der Waals surface area contributed by atoms with Gasteiger partial charge in [0.2, 0.25) is 20.0 Å². The number of rotatable bonds is 9. The smallest absolute Gasteiger partial charge is 0.272 e. The van der Waals surface area contributed by atoms with Crippen molar-refractivity contribution in [2.45, 2.75) is 12.7 Å². The van der Waals surface area contributed by atoms with E-state index in [-0.39, 0.29) is 87.5 Å². The van der Waals surface area contributed by atoms with Gasteiger partial charge in [0.1, 0.15) is 5.69 Å². The second-order valence-electron chi connectivity index (χ2n) is 11.9. The highest BCUT2D eigenvalue weighted by atomic mass is 32.2. The number of benzene rings is 1. The molecule has 0 bridgehead atoms. The zero-order valence-electron chi connectivity index (χ0n) is 27.2. The highest BCUT2D eigenvalue weighted by Crippen LogP contribution is 2.26.